The molecular formula is C58H71F4KN14O12P2S2. The number of nitrogens with one attached hydrogen (secondary N) is 2. The Morgan fingerprint density at radius 2 is 1.01 bits per heavy atom. The molecule has 0 radical (unpaired) electrons. The molecule has 0 aliphatic heterocycles. The number of ether oxygens (including phenoxy) is 2. The number of thiazole rings is 2. The topological polar surface area (TPSA) is 314 Å². The molecule has 10 rings (SSSR count). The van der Waals surface area contributed by atoms with Gasteiger partial charge >= 0.3 is 59.2 Å². The Morgan fingerprint density at radius 1 is 0.624 bits per heavy atom. The summed E-state index contributed by atoms with van der Waals surface area (Å²) in [6.45, 7) is 18.7. The van der Waals surface area contributed by atoms with Crippen LogP contribution < -0.4 is 66.9 Å². The normalized spacial score (nSPS) is 18.4. The van der Waals surface area contributed by atoms with Gasteiger partial charge in [0.05, 0.1) is 59.3 Å². The molecule has 0 aromatic carbocycles. The van der Waals surface area contributed by atoms with E-state index in [1.54, 1.807) is 88.0 Å². The first-order valence-corrected chi connectivity index (χ1v) is 34.2. The Balaban J connectivity index is 0.000000240. The van der Waals surface area contributed by atoms with Gasteiger partial charge in [0.15, 0.2) is 24.1 Å². The molecule has 8 aromatic heterocycles. The summed E-state index contributed by atoms with van der Waals surface area (Å²) in [7, 11) is -9.00. The molecule has 0 saturated heterocycles. The first kappa shape index (κ1) is 73.6. The maximum Gasteiger partial charge on any atom is 1.00 e. The van der Waals surface area contributed by atoms with E-state index >= 15 is 0 Å². The van der Waals surface area contributed by atoms with Gasteiger partial charge < -0.3 is 29.9 Å². The van der Waals surface area contributed by atoms with Crippen molar-refractivity contribution in [2.45, 2.75) is 169 Å². The number of amides is 2. The molecule has 496 valence electrons. The molecule has 3 N–H and O–H groups in total. The maximum atomic E-state index is 14.9. The number of phosphoric acid groups is 2. The average molecular weight is 1400 g/mol. The molecule has 8 heterocycles. The third-order valence-corrected chi connectivity index (χ3v) is 18.6. The molecule has 2 fully saturated rings. The fraction of sp³-hybridized carbons (Fsp3) is 0.483. The fourth-order valence-corrected chi connectivity index (χ4v) is 14.1. The number of carbonyl (C=O) groups excluding carboxylic acids is 2. The smallest absolute Gasteiger partial charge is 0.756 e. The number of phosphoric ester groups is 2. The minimum atomic E-state index is -4.98. The summed E-state index contributed by atoms with van der Waals surface area (Å²) in [5, 5.41) is 26.9. The van der Waals surface area contributed by atoms with Crippen molar-refractivity contribution in [1.29, 1.82) is 0 Å². The zero-order valence-corrected chi connectivity index (χ0v) is 59.5. The van der Waals surface area contributed by atoms with Gasteiger partial charge in [0.2, 0.25) is 11.9 Å². The molecule has 2 amide bonds. The van der Waals surface area contributed by atoms with Gasteiger partial charge in [-0.1, -0.05) is 0 Å². The van der Waals surface area contributed by atoms with E-state index in [0.29, 0.717) is 34.4 Å². The van der Waals surface area contributed by atoms with Crippen LogP contribution in [0.25, 0.3) is 43.9 Å². The van der Waals surface area contributed by atoms with E-state index in [2.05, 4.69) is 55.5 Å². The number of pyridine rings is 2. The monoisotopic (exact) mass is 1400 g/mol. The van der Waals surface area contributed by atoms with E-state index in [-0.39, 0.29) is 121 Å². The molecule has 0 spiro atoms. The van der Waals surface area contributed by atoms with Gasteiger partial charge in [-0.15, -0.1) is 22.7 Å². The van der Waals surface area contributed by atoms with Gasteiger partial charge in [-0.2, -0.15) is 29.2 Å². The van der Waals surface area contributed by atoms with Crippen LogP contribution in [-0.4, -0.2) is 112 Å². The molecule has 2 aliphatic rings. The second kappa shape index (κ2) is 31.4. The number of carbonyl (C=O) groups is 2. The van der Waals surface area contributed by atoms with Crippen LogP contribution in [0.4, 0.5) is 28.9 Å². The van der Waals surface area contributed by atoms with E-state index in [1.807, 2.05) is 13.8 Å². The Kier molecular flexibility index (Phi) is 24.8. The minimum Gasteiger partial charge on any atom is -0.756 e. The van der Waals surface area contributed by atoms with Crippen molar-refractivity contribution < 1.29 is 125 Å². The Morgan fingerprint density at radius 3 is 1.38 bits per heavy atom. The first-order chi connectivity index (χ1) is 43.4. The molecule has 2 aliphatic carbocycles. The fourth-order valence-electron chi connectivity index (χ4n) is 10.2. The third-order valence-electron chi connectivity index (χ3n) is 14.1. The Hall–Kier alpha value is -5.16. The maximum absolute atomic E-state index is 14.9. The van der Waals surface area contributed by atoms with Crippen molar-refractivity contribution in [3.05, 3.63) is 107 Å². The van der Waals surface area contributed by atoms with Crippen LogP contribution in [0, 0.1) is 23.5 Å². The SMILES string of the molecule is CCOC1CCC(n2cc(NC(=O)c3csc(-c4cnn(C(C)OP(=O)(OC(C)(C)C)OC(C)(C)C)c4)n3)c(-c3nc(F)ccc3F)n2)CC1.CCOC1CCC(n2cc(NC(=O)c3csc(-c4cnn(C(C)OP(=O)([O-])O)c4)n3)c(-c3nc(F)ccc3F)n2)CC1.[K+]. The first-order valence-electron chi connectivity index (χ1n) is 29.5. The van der Waals surface area contributed by atoms with Gasteiger partial charge in [0.25, 0.3) is 19.6 Å². The van der Waals surface area contributed by atoms with Crippen LogP contribution in [0.15, 0.2) is 72.2 Å². The number of halogens is 4. The number of rotatable bonds is 22. The van der Waals surface area contributed by atoms with Gasteiger partial charge in [0, 0.05) is 59.9 Å². The largest absolute Gasteiger partial charge is 1.00 e. The van der Waals surface area contributed by atoms with Gasteiger partial charge in [-0.25, -0.2) is 42.6 Å². The van der Waals surface area contributed by atoms with E-state index in [9.17, 15) is 41.2 Å². The van der Waals surface area contributed by atoms with Crippen molar-refractivity contribution in [3.63, 3.8) is 0 Å². The standard InChI is InChI=1S/C33H44F2N7O6PS.C25H28F2N7O6PS.K/c1-9-45-23-12-10-22(11-13-23)42-18-25(29(40-42)28-24(34)14-15-27(35)39-28)37-30(43)26-19-50-31(38-26)21-16-36-41(17-21)20(2)46-49(44,47-32(3,4)5)48-33(6,7)8;1-3-39-17-6-4-16(5-7-17)34-12-19(23(32-34)22-18(26)8-9-21(27)31-22)29-24(35)20-13-42-25(30-20)15-10-28-33(11-15)14(2)40-41(36,37)38;/h14-20,22-23H,9-13H2,1-8H3,(H,37,43);8-14,16-17H,3-7H2,1-2H3,(H,29,35)(H2,36,37,38);/q;;+1/p-1. The minimum absolute atomic E-state index is 0. The van der Waals surface area contributed by atoms with E-state index in [0.717, 1.165) is 87.0 Å². The van der Waals surface area contributed by atoms with E-state index in [4.69, 9.17) is 27.9 Å². The van der Waals surface area contributed by atoms with E-state index in [1.165, 1.54) is 45.4 Å². The molecular weight excluding hydrogens is 1330 g/mol. The summed E-state index contributed by atoms with van der Waals surface area (Å²) in [4.78, 5) is 62.9. The van der Waals surface area contributed by atoms with Crippen molar-refractivity contribution in [3.8, 4) is 43.9 Å². The van der Waals surface area contributed by atoms with Crippen molar-refractivity contribution in [1.82, 2.24) is 59.1 Å². The summed E-state index contributed by atoms with van der Waals surface area (Å²) in [6.07, 6.45) is 14.0. The van der Waals surface area contributed by atoms with Crippen LogP contribution in [0.1, 0.15) is 166 Å². The summed E-state index contributed by atoms with van der Waals surface area (Å²) in [5.41, 5.74) is -0.775. The number of hydrogen-bond acceptors (Lipinski definition) is 21. The number of anilines is 2. The summed E-state index contributed by atoms with van der Waals surface area (Å²) >= 11 is 2.34. The molecule has 3 unspecified atom stereocenters. The number of hydrogen-bond donors (Lipinski definition) is 3. The molecule has 8 aromatic rings. The molecule has 2 saturated carbocycles. The van der Waals surface area contributed by atoms with Crippen LogP contribution in [0.5, 0.6) is 0 Å². The summed E-state index contributed by atoms with van der Waals surface area (Å²) < 4.78 is 122. The van der Waals surface area contributed by atoms with Crippen LogP contribution in [0.2, 0.25) is 0 Å². The predicted molar refractivity (Wildman–Crippen MR) is 330 cm³/mol. The molecule has 0 bridgehead atoms. The van der Waals surface area contributed by atoms with Crippen LogP contribution >= 0.6 is 38.3 Å². The van der Waals surface area contributed by atoms with Crippen LogP contribution in [0.3, 0.4) is 0 Å². The van der Waals surface area contributed by atoms with Crippen LogP contribution in [-0.2, 0) is 36.7 Å². The Bertz CT molecular complexity index is 3940. The van der Waals surface area contributed by atoms with E-state index < -0.39 is 74.6 Å². The molecule has 93 heavy (non-hydrogen) atoms. The predicted octanol–water partition coefficient (Wildman–Crippen LogP) is 9.90. The quantitative estimate of drug-likeness (QED) is 0.0246. The van der Waals surface area contributed by atoms with Gasteiger partial charge in [-0.05, 0) is 145 Å². The van der Waals surface area contributed by atoms with Gasteiger partial charge in [0.1, 0.15) is 44.2 Å². The molecule has 26 nitrogen and oxygen atoms in total. The average Bonchev–Trinajstić information content (AvgIpc) is 1.70. The van der Waals surface area contributed by atoms with Crippen molar-refractivity contribution >= 4 is 61.5 Å². The third kappa shape index (κ3) is 20.0. The zero-order valence-electron chi connectivity index (χ0n) is 53.0. The molecule has 3 atom stereocenters. The second-order valence-corrected chi connectivity index (χ2v) is 27.9. The number of nitrogens with zero attached hydrogens (tertiary/aromatic N) is 12. The number of aromatic nitrogens is 12. The second-order valence-electron chi connectivity index (χ2n) is 23.6. The van der Waals surface area contributed by atoms with Gasteiger partial charge in [-0.3, -0.25) is 41.6 Å². The summed E-state index contributed by atoms with van der Waals surface area (Å²) in [6, 6.07) is 3.70. The Labute approximate surface area is 584 Å². The summed E-state index contributed by atoms with van der Waals surface area (Å²) in [5.74, 6) is -4.53. The van der Waals surface area contributed by atoms with Crippen molar-refractivity contribution in [2.24, 2.45) is 0 Å². The zero-order chi connectivity index (χ0) is 66.5. The molecule has 35 heteroatoms. The van der Waals surface area contributed by atoms with Crippen molar-refractivity contribution in [2.75, 3.05) is 23.8 Å².